The molecule has 1 rings (SSSR count). The maximum absolute atomic E-state index is 11.1. The van der Waals surface area contributed by atoms with Crippen molar-refractivity contribution >= 4 is 5.97 Å². The fourth-order valence-electron chi connectivity index (χ4n) is 1.79. The van der Waals surface area contributed by atoms with Crippen LogP contribution in [0, 0.1) is 11.8 Å². The summed E-state index contributed by atoms with van der Waals surface area (Å²) in [6.07, 6.45) is 2.13. The second-order valence-electron chi connectivity index (χ2n) is 4.64. The number of aliphatic hydroxyl groups is 1. The molecule has 0 aromatic heterocycles. The summed E-state index contributed by atoms with van der Waals surface area (Å²) in [4.78, 5) is 11.1. The molecule has 1 aliphatic rings. The van der Waals surface area contributed by atoms with Gasteiger partial charge in [-0.25, -0.2) is 0 Å². The van der Waals surface area contributed by atoms with E-state index in [1.165, 1.54) is 12.8 Å². The fraction of sp³-hybridized carbons (Fsp3) is 0.917. The Morgan fingerprint density at radius 3 is 2.75 bits per heavy atom. The molecule has 2 N–H and O–H groups in total. The summed E-state index contributed by atoms with van der Waals surface area (Å²) in [6.45, 7) is 5.75. The summed E-state index contributed by atoms with van der Waals surface area (Å²) in [7, 11) is 0. The van der Waals surface area contributed by atoms with Crippen molar-refractivity contribution in [3.05, 3.63) is 0 Å². The van der Waals surface area contributed by atoms with Crippen LogP contribution >= 0.6 is 0 Å². The van der Waals surface area contributed by atoms with Gasteiger partial charge in [0.1, 0.15) is 0 Å². The van der Waals surface area contributed by atoms with Crippen LogP contribution in [-0.4, -0.2) is 36.9 Å². The molecule has 0 saturated heterocycles. The molecular weight excluding hydrogens is 206 g/mol. The van der Waals surface area contributed by atoms with Gasteiger partial charge in [-0.1, -0.05) is 6.92 Å². The van der Waals surface area contributed by atoms with Crippen molar-refractivity contribution in [2.45, 2.75) is 39.2 Å². The quantitative estimate of drug-likeness (QED) is 0.608. The molecule has 1 aliphatic carbocycles. The number of esters is 1. The Hall–Kier alpha value is -0.610. The van der Waals surface area contributed by atoms with E-state index >= 15 is 0 Å². The fourth-order valence-corrected chi connectivity index (χ4v) is 1.79. The van der Waals surface area contributed by atoms with E-state index in [1.54, 1.807) is 6.92 Å². The van der Waals surface area contributed by atoms with Crippen molar-refractivity contribution in [2.75, 3.05) is 19.7 Å². The average molecular weight is 229 g/mol. The molecule has 1 fully saturated rings. The van der Waals surface area contributed by atoms with E-state index in [0.717, 1.165) is 12.5 Å². The smallest absolute Gasteiger partial charge is 0.308 e. The van der Waals surface area contributed by atoms with Crippen LogP contribution in [0.3, 0.4) is 0 Å². The number of carbonyl (C=O) groups excluding carboxylic acids is 1. The van der Waals surface area contributed by atoms with Crippen LogP contribution < -0.4 is 5.32 Å². The van der Waals surface area contributed by atoms with Gasteiger partial charge in [-0.2, -0.15) is 0 Å². The van der Waals surface area contributed by atoms with Gasteiger partial charge in [0.2, 0.25) is 0 Å². The van der Waals surface area contributed by atoms with Crippen LogP contribution in [-0.2, 0) is 9.53 Å². The molecular formula is C12H23NO3. The molecule has 0 radical (unpaired) electrons. The van der Waals surface area contributed by atoms with E-state index in [2.05, 4.69) is 12.2 Å². The molecule has 0 amide bonds. The molecule has 0 bridgehead atoms. The molecule has 2 unspecified atom stereocenters. The van der Waals surface area contributed by atoms with Gasteiger partial charge in [-0.05, 0) is 38.1 Å². The predicted molar refractivity (Wildman–Crippen MR) is 62.0 cm³/mol. The van der Waals surface area contributed by atoms with Crippen LogP contribution in [0.4, 0.5) is 0 Å². The zero-order valence-electron chi connectivity index (χ0n) is 10.2. The monoisotopic (exact) mass is 229 g/mol. The van der Waals surface area contributed by atoms with E-state index < -0.39 is 6.10 Å². The molecule has 0 spiro atoms. The SMILES string of the molecule is CCOC(=O)CC(O)CNCC(C)C1CC1. The third-order valence-corrected chi connectivity index (χ3v) is 2.98. The number of hydrogen-bond acceptors (Lipinski definition) is 4. The van der Waals surface area contributed by atoms with E-state index in [0.29, 0.717) is 19.1 Å². The largest absolute Gasteiger partial charge is 0.466 e. The van der Waals surface area contributed by atoms with Crippen LogP contribution in [0.2, 0.25) is 0 Å². The van der Waals surface area contributed by atoms with Crippen molar-refractivity contribution in [2.24, 2.45) is 11.8 Å². The Balaban J connectivity index is 2.00. The lowest BCUT2D eigenvalue weighted by Gasteiger charge is -2.14. The zero-order chi connectivity index (χ0) is 12.0. The predicted octanol–water partition coefficient (Wildman–Crippen LogP) is 0.936. The van der Waals surface area contributed by atoms with Gasteiger partial charge >= 0.3 is 5.97 Å². The van der Waals surface area contributed by atoms with Gasteiger partial charge in [-0.3, -0.25) is 4.79 Å². The van der Waals surface area contributed by atoms with Gasteiger partial charge in [0.05, 0.1) is 19.1 Å². The van der Waals surface area contributed by atoms with Gasteiger partial charge in [0, 0.05) is 6.54 Å². The topological polar surface area (TPSA) is 58.6 Å². The first-order chi connectivity index (χ1) is 7.63. The minimum absolute atomic E-state index is 0.0820. The second-order valence-corrected chi connectivity index (χ2v) is 4.64. The molecule has 2 atom stereocenters. The third-order valence-electron chi connectivity index (χ3n) is 2.98. The lowest BCUT2D eigenvalue weighted by Crippen LogP contribution is -2.32. The normalized spacial score (nSPS) is 19.2. The van der Waals surface area contributed by atoms with Gasteiger partial charge in [0.15, 0.2) is 0 Å². The van der Waals surface area contributed by atoms with E-state index in [1.807, 2.05) is 0 Å². The molecule has 0 heterocycles. The summed E-state index contributed by atoms with van der Waals surface area (Å²) in [5.41, 5.74) is 0. The minimum Gasteiger partial charge on any atom is -0.466 e. The van der Waals surface area contributed by atoms with Crippen molar-refractivity contribution in [1.82, 2.24) is 5.32 Å². The Bertz CT molecular complexity index is 216. The highest BCUT2D eigenvalue weighted by Crippen LogP contribution is 2.35. The molecule has 4 heteroatoms. The number of nitrogens with one attached hydrogen (secondary N) is 1. The molecule has 4 nitrogen and oxygen atoms in total. The molecule has 94 valence electrons. The van der Waals surface area contributed by atoms with Crippen molar-refractivity contribution < 1.29 is 14.6 Å². The number of rotatable bonds is 8. The summed E-state index contributed by atoms with van der Waals surface area (Å²) in [5.74, 6) is 1.22. The lowest BCUT2D eigenvalue weighted by atomic mass is 10.1. The van der Waals surface area contributed by atoms with Gasteiger partial charge < -0.3 is 15.2 Å². The Kier molecular flexibility index (Phi) is 5.77. The second kappa shape index (κ2) is 6.86. The number of hydrogen-bond donors (Lipinski definition) is 2. The Morgan fingerprint density at radius 1 is 1.50 bits per heavy atom. The molecule has 0 aromatic rings. The van der Waals surface area contributed by atoms with Crippen LogP contribution in [0.15, 0.2) is 0 Å². The van der Waals surface area contributed by atoms with Crippen molar-refractivity contribution in [3.63, 3.8) is 0 Å². The van der Waals surface area contributed by atoms with Crippen LogP contribution in [0.1, 0.15) is 33.1 Å². The highest BCUT2D eigenvalue weighted by molar-refractivity contribution is 5.69. The van der Waals surface area contributed by atoms with Crippen molar-refractivity contribution in [1.29, 1.82) is 0 Å². The molecule has 0 aliphatic heterocycles. The first-order valence-corrected chi connectivity index (χ1v) is 6.17. The summed E-state index contributed by atoms with van der Waals surface area (Å²) in [6, 6.07) is 0. The van der Waals surface area contributed by atoms with Crippen LogP contribution in [0.25, 0.3) is 0 Å². The lowest BCUT2D eigenvalue weighted by molar-refractivity contribution is -0.145. The number of ether oxygens (including phenoxy) is 1. The Labute approximate surface area is 97.4 Å². The first-order valence-electron chi connectivity index (χ1n) is 6.17. The molecule has 1 saturated carbocycles. The summed E-state index contributed by atoms with van der Waals surface area (Å²) in [5, 5.41) is 12.7. The summed E-state index contributed by atoms with van der Waals surface area (Å²) >= 11 is 0. The van der Waals surface area contributed by atoms with Crippen LogP contribution in [0.5, 0.6) is 0 Å². The Morgan fingerprint density at radius 2 is 2.19 bits per heavy atom. The van der Waals surface area contributed by atoms with E-state index in [9.17, 15) is 9.90 Å². The number of carbonyl (C=O) groups is 1. The summed E-state index contributed by atoms with van der Waals surface area (Å²) < 4.78 is 4.76. The highest BCUT2D eigenvalue weighted by Gasteiger charge is 2.27. The number of aliphatic hydroxyl groups excluding tert-OH is 1. The van der Waals surface area contributed by atoms with E-state index in [4.69, 9.17) is 4.74 Å². The highest BCUT2D eigenvalue weighted by atomic mass is 16.5. The van der Waals surface area contributed by atoms with Gasteiger partial charge in [0.25, 0.3) is 0 Å². The standard InChI is InChI=1S/C12H23NO3/c1-3-16-12(15)6-11(14)8-13-7-9(2)10-4-5-10/h9-11,13-14H,3-8H2,1-2H3. The maximum atomic E-state index is 11.1. The third kappa shape index (κ3) is 5.47. The van der Waals surface area contributed by atoms with E-state index in [-0.39, 0.29) is 12.4 Å². The maximum Gasteiger partial charge on any atom is 0.308 e. The average Bonchev–Trinajstić information content (AvgIpc) is 3.00. The first kappa shape index (κ1) is 13.5. The molecule has 0 aromatic carbocycles. The van der Waals surface area contributed by atoms with Gasteiger partial charge in [-0.15, -0.1) is 0 Å². The molecule has 16 heavy (non-hydrogen) atoms. The van der Waals surface area contributed by atoms with Crippen molar-refractivity contribution in [3.8, 4) is 0 Å². The minimum atomic E-state index is -0.634. The zero-order valence-corrected chi connectivity index (χ0v) is 10.2.